The standard InChI is InChI=1S/C5H3FINO/c6-4-1-3(7)2-5(9)8-4/h1-2H,(H,8,9). The quantitative estimate of drug-likeness (QED) is 0.534. The molecule has 0 spiro atoms. The van der Waals surface area contributed by atoms with Crippen LogP contribution < -0.4 is 5.56 Å². The molecule has 0 aliphatic heterocycles. The number of H-pyrrole nitrogens is 1. The van der Waals surface area contributed by atoms with Crippen molar-refractivity contribution >= 4 is 22.6 Å². The van der Waals surface area contributed by atoms with Crippen molar-refractivity contribution in [3.05, 3.63) is 32.0 Å². The van der Waals surface area contributed by atoms with Crippen LogP contribution in [0, 0.1) is 9.52 Å². The zero-order valence-corrected chi connectivity index (χ0v) is 6.48. The van der Waals surface area contributed by atoms with Gasteiger partial charge < -0.3 is 0 Å². The van der Waals surface area contributed by atoms with Gasteiger partial charge in [-0.3, -0.25) is 9.78 Å². The first-order valence-electron chi connectivity index (χ1n) is 2.24. The number of hydrogen-bond donors (Lipinski definition) is 1. The topological polar surface area (TPSA) is 32.9 Å². The Kier molecular flexibility index (Phi) is 1.84. The maximum Gasteiger partial charge on any atom is 0.251 e. The zero-order valence-electron chi connectivity index (χ0n) is 4.32. The van der Waals surface area contributed by atoms with Crippen LogP contribution >= 0.6 is 22.6 Å². The Morgan fingerprint density at radius 3 is 2.67 bits per heavy atom. The van der Waals surface area contributed by atoms with Crippen molar-refractivity contribution in [1.29, 1.82) is 0 Å². The van der Waals surface area contributed by atoms with Crippen molar-refractivity contribution in [3.8, 4) is 0 Å². The van der Waals surface area contributed by atoms with Gasteiger partial charge in [0.05, 0.1) is 0 Å². The minimum atomic E-state index is -0.591. The minimum absolute atomic E-state index is 0.403. The molecule has 0 amide bonds. The second-order valence-corrected chi connectivity index (χ2v) is 2.76. The fraction of sp³-hybridized carbons (Fsp3) is 0. The number of hydrogen-bond acceptors (Lipinski definition) is 1. The van der Waals surface area contributed by atoms with E-state index in [1.807, 2.05) is 27.6 Å². The second kappa shape index (κ2) is 2.47. The predicted molar refractivity (Wildman–Crippen MR) is 39.7 cm³/mol. The summed E-state index contributed by atoms with van der Waals surface area (Å²) in [5, 5.41) is 0. The Hall–Kier alpha value is -0.390. The van der Waals surface area contributed by atoms with Crippen LogP contribution in [0.3, 0.4) is 0 Å². The highest BCUT2D eigenvalue weighted by atomic mass is 127. The Balaban J connectivity index is 3.33. The molecule has 4 heteroatoms. The molecule has 0 atom stereocenters. The van der Waals surface area contributed by atoms with Crippen LogP contribution in [0.2, 0.25) is 0 Å². The Morgan fingerprint density at radius 1 is 1.56 bits per heavy atom. The number of halogens is 2. The van der Waals surface area contributed by atoms with Crippen LogP contribution in [0.25, 0.3) is 0 Å². The van der Waals surface area contributed by atoms with Crippen molar-refractivity contribution in [1.82, 2.24) is 4.98 Å². The summed E-state index contributed by atoms with van der Waals surface area (Å²) in [6.07, 6.45) is 0. The molecule has 0 unspecified atom stereocenters. The van der Waals surface area contributed by atoms with Crippen LogP contribution in [0.4, 0.5) is 4.39 Å². The van der Waals surface area contributed by atoms with E-state index in [1.165, 1.54) is 12.1 Å². The minimum Gasteiger partial charge on any atom is -0.299 e. The first-order chi connectivity index (χ1) is 4.18. The van der Waals surface area contributed by atoms with E-state index in [0.717, 1.165) is 0 Å². The van der Waals surface area contributed by atoms with E-state index in [9.17, 15) is 9.18 Å². The van der Waals surface area contributed by atoms with Crippen molar-refractivity contribution in [2.24, 2.45) is 0 Å². The molecule has 48 valence electrons. The van der Waals surface area contributed by atoms with E-state index in [4.69, 9.17) is 0 Å². The van der Waals surface area contributed by atoms with Gasteiger partial charge in [-0.15, -0.1) is 0 Å². The highest BCUT2D eigenvalue weighted by Gasteiger charge is 1.91. The fourth-order valence-corrected chi connectivity index (χ4v) is 1.03. The lowest BCUT2D eigenvalue weighted by Crippen LogP contribution is -2.05. The second-order valence-electron chi connectivity index (χ2n) is 1.51. The van der Waals surface area contributed by atoms with Crippen molar-refractivity contribution in [3.63, 3.8) is 0 Å². The number of rotatable bonds is 0. The molecule has 0 aliphatic carbocycles. The average molecular weight is 239 g/mol. The molecule has 0 bridgehead atoms. The van der Waals surface area contributed by atoms with E-state index >= 15 is 0 Å². The number of nitrogens with one attached hydrogen (secondary N) is 1. The summed E-state index contributed by atoms with van der Waals surface area (Å²) >= 11 is 1.87. The van der Waals surface area contributed by atoms with Gasteiger partial charge in [-0.2, -0.15) is 4.39 Å². The van der Waals surface area contributed by atoms with E-state index in [2.05, 4.69) is 0 Å². The number of pyridine rings is 1. The summed E-state index contributed by atoms with van der Waals surface area (Å²) in [6, 6.07) is 2.58. The van der Waals surface area contributed by atoms with Gasteiger partial charge in [-0.05, 0) is 22.6 Å². The van der Waals surface area contributed by atoms with Gasteiger partial charge in [0, 0.05) is 15.7 Å². The third-order valence-corrected chi connectivity index (χ3v) is 1.40. The van der Waals surface area contributed by atoms with E-state index in [-0.39, 0.29) is 0 Å². The normalized spacial score (nSPS) is 9.56. The molecule has 0 radical (unpaired) electrons. The molecule has 1 aromatic rings. The van der Waals surface area contributed by atoms with E-state index in [1.54, 1.807) is 0 Å². The SMILES string of the molecule is O=c1cc(I)cc(F)[nH]1. The fourth-order valence-electron chi connectivity index (χ4n) is 0.478. The lowest BCUT2D eigenvalue weighted by atomic mass is 10.5. The van der Waals surface area contributed by atoms with Crippen molar-refractivity contribution in [2.45, 2.75) is 0 Å². The van der Waals surface area contributed by atoms with Gasteiger partial charge in [0.15, 0.2) is 5.95 Å². The Morgan fingerprint density at radius 2 is 2.22 bits per heavy atom. The maximum atomic E-state index is 12.2. The molecule has 0 aliphatic rings. The number of aromatic nitrogens is 1. The van der Waals surface area contributed by atoms with Crippen LogP contribution in [0.5, 0.6) is 0 Å². The van der Waals surface area contributed by atoms with Crippen molar-refractivity contribution < 1.29 is 4.39 Å². The van der Waals surface area contributed by atoms with Gasteiger partial charge in [0.25, 0.3) is 5.56 Å². The smallest absolute Gasteiger partial charge is 0.251 e. The highest BCUT2D eigenvalue weighted by molar-refractivity contribution is 14.1. The van der Waals surface area contributed by atoms with E-state index < -0.39 is 11.5 Å². The van der Waals surface area contributed by atoms with Gasteiger partial charge >= 0.3 is 0 Å². The largest absolute Gasteiger partial charge is 0.299 e. The molecule has 2 nitrogen and oxygen atoms in total. The van der Waals surface area contributed by atoms with Crippen LogP contribution in [-0.2, 0) is 0 Å². The van der Waals surface area contributed by atoms with Gasteiger partial charge in [-0.1, -0.05) is 0 Å². The lowest BCUT2D eigenvalue weighted by molar-refractivity contribution is 0.578. The molecule has 1 heterocycles. The third kappa shape index (κ3) is 1.78. The summed E-state index contributed by atoms with van der Waals surface area (Å²) in [4.78, 5) is 12.4. The average Bonchev–Trinajstić information content (AvgIpc) is 1.59. The summed E-state index contributed by atoms with van der Waals surface area (Å²) in [5.74, 6) is -0.591. The molecule has 1 aromatic heterocycles. The molecular formula is C5H3FINO. The van der Waals surface area contributed by atoms with Gasteiger partial charge in [0.2, 0.25) is 0 Å². The monoisotopic (exact) mass is 239 g/mol. The first kappa shape index (κ1) is 6.73. The van der Waals surface area contributed by atoms with Crippen LogP contribution in [0.1, 0.15) is 0 Å². The molecule has 9 heavy (non-hydrogen) atoms. The summed E-state index contributed by atoms with van der Waals surface area (Å²) in [7, 11) is 0. The molecular weight excluding hydrogens is 236 g/mol. The predicted octanol–water partition coefficient (Wildman–Crippen LogP) is 1.12. The van der Waals surface area contributed by atoms with E-state index in [0.29, 0.717) is 3.57 Å². The molecule has 0 aromatic carbocycles. The summed E-state index contributed by atoms with van der Waals surface area (Å²) in [5.41, 5.74) is -0.403. The Labute approximate surface area is 64.2 Å². The molecule has 0 saturated heterocycles. The number of aromatic amines is 1. The molecule has 0 saturated carbocycles. The molecule has 0 fully saturated rings. The van der Waals surface area contributed by atoms with Crippen molar-refractivity contribution in [2.75, 3.05) is 0 Å². The molecule has 1 N–H and O–H groups in total. The summed E-state index contributed by atoms with van der Waals surface area (Å²) in [6.45, 7) is 0. The Bertz CT molecular complexity index is 247. The third-order valence-electron chi connectivity index (χ3n) is 0.776. The highest BCUT2D eigenvalue weighted by Crippen LogP contribution is 1.99. The maximum absolute atomic E-state index is 12.2. The zero-order chi connectivity index (χ0) is 6.85. The van der Waals surface area contributed by atoms with Gasteiger partial charge in [0.1, 0.15) is 0 Å². The lowest BCUT2D eigenvalue weighted by Gasteiger charge is -1.86. The first-order valence-corrected chi connectivity index (χ1v) is 3.32. The molecule has 1 rings (SSSR count). The van der Waals surface area contributed by atoms with Crippen LogP contribution in [-0.4, -0.2) is 4.98 Å². The summed E-state index contributed by atoms with van der Waals surface area (Å²) < 4.78 is 12.8. The van der Waals surface area contributed by atoms with Gasteiger partial charge in [-0.25, -0.2) is 0 Å². The van der Waals surface area contributed by atoms with Crippen LogP contribution in [0.15, 0.2) is 16.9 Å².